The van der Waals surface area contributed by atoms with Gasteiger partial charge in [-0.2, -0.15) is 5.26 Å². The van der Waals surface area contributed by atoms with Crippen LogP contribution in [0.15, 0.2) is 53.1 Å². The molecule has 1 aliphatic heterocycles. The first-order valence-corrected chi connectivity index (χ1v) is 10.4. The molecule has 3 rings (SSSR count). The predicted molar refractivity (Wildman–Crippen MR) is 117 cm³/mol. The van der Waals surface area contributed by atoms with E-state index in [1.165, 1.54) is 11.9 Å². The Morgan fingerprint density at radius 1 is 1.17 bits per heavy atom. The summed E-state index contributed by atoms with van der Waals surface area (Å²) in [6.45, 7) is 0. The maximum atomic E-state index is 13.2. The summed E-state index contributed by atoms with van der Waals surface area (Å²) in [5, 5.41) is 13.2. The molecular formula is C20H14Cl3N3O2S. The monoisotopic (exact) mass is 465 g/mol. The number of nitrogens with one attached hydrogen (secondary N) is 1. The van der Waals surface area contributed by atoms with Crippen LogP contribution in [0.4, 0.5) is 5.69 Å². The topological polar surface area (TPSA) is 73.2 Å². The first-order valence-electron chi connectivity index (χ1n) is 8.42. The Bertz CT molecular complexity index is 1050. The minimum atomic E-state index is -0.563. The molecule has 1 saturated heterocycles. The van der Waals surface area contributed by atoms with Crippen LogP contribution >= 0.6 is 46.6 Å². The summed E-state index contributed by atoms with van der Waals surface area (Å²) in [5.41, 5.74) is 1.13. The highest BCUT2D eigenvalue weighted by molar-refractivity contribution is 8.05. The highest BCUT2D eigenvalue weighted by atomic mass is 35.5. The van der Waals surface area contributed by atoms with Gasteiger partial charge in [-0.15, -0.1) is 0 Å². The van der Waals surface area contributed by atoms with Crippen molar-refractivity contribution in [2.24, 2.45) is 0 Å². The molecule has 5 nitrogen and oxygen atoms in total. The number of benzene rings is 2. The Kier molecular flexibility index (Phi) is 6.76. The van der Waals surface area contributed by atoms with Crippen molar-refractivity contribution in [2.75, 3.05) is 11.9 Å². The molecule has 1 fully saturated rings. The second kappa shape index (κ2) is 9.10. The number of carbonyl (C=O) groups excluding carboxylic acids is 2. The lowest BCUT2D eigenvalue weighted by Gasteiger charge is -2.18. The lowest BCUT2D eigenvalue weighted by molar-refractivity contribution is -0.117. The Hall–Kier alpha value is -2.17. The van der Waals surface area contributed by atoms with E-state index < -0.39 is 11.2 Å². The van der Waals surface area contributed by atoms with Gasteiger partial charge in [0.15, 0.2) is 0 Å². The number of rotatable bonds is 4. The smallest absolute Gasteiger partial charge is 0.264 e. The van der Waals surface area contributed by atoms with E-state index in [9.17, 15) is 14.9 Å². The van der Waals surface area contributed by atoms with Crippen LogP contribution in [0.1, 0.15) is 5.56 Å². The Labute approximate surface area is 187 Å². The SMILES string of the molecule is CNC(=O)C(C#N)=C1SC(Cc2ccc(Cl)cc2Cl)C(=O)N1c1ccc(Cl)cc1. The third kappa shape index (κ3) is 4.54. The van der Waals surface area contributed by atoms with Crippen LogP contribution in [-0.4, -0.2) is 24.1 Å². The molecule has 148 valence electrons. The van der Waals surface area contributed by atoms with Gasteiger partial charge in [0.05, 0.1) is 5.25 Å². The number of carbonyl (C=O) groups is 2. The summed E-state index contributed by atoms with van der Waals surface area (Å²) >= 11 is 19.3. The van der Waals surface area contributed by atoms with Gasteiger partial charge in [0.1, 0.15) is 16.7 Å². The predicted octanol–water partition coefficient (Wildman–Crippen LogP) is 4.82. The van der Waals surface area contributed by atoms with Gasteiger partial charge in [0.25, 0.3) is 5.91 Å². The molecule has 1 N–H and O–H groups in total. The second-order valence-corrected chi connectivity index (χ2v) is 8.54. The largest absolute Gasteiger partial charge is 0.354 e. The summed E-state index contributed by atoms with van der Waals surface area (Å²) in [6.07, 6.45) is 0.319. The van der Waals surface area contributed by atoms with Crippen LogP contribution in [0.25, 0.3) is 0 Å². The molecule has 0 bridgehead atoms. The Morgan fingerprint density at radius 2 is 1.83 bits per heavy atom. The molecule has 1 unspecified atom stereocenters. The minimum Gasteiger partial charge on any atom is -0.354 e. The van der Waals surface area contributed by atoms with Crippen molar-refractivity contribution in [3.63, 3.8) is 0 Å². The fraction of sp³-hybridized carbons (Fsp3) is 0.150. The maximum Gasteiger partial charge on any atom is 0.264 e. The number of halogens is 3. The normalized spacial score (nSPS) is 17.8. The molecule has 0 aromatic heterocycles. The molecule has 0 radical (unpaired) electrons. The molecule has 9 heteroatoms. The molecule has 0 aliphatic carbocycles. The standard InChI is InChI=1S/C20H14Cl3N3O2S/c1-25-18(27)15(10-24)20-26(14-6-4-12(21)5-7-14)19(28)17(29-20)8-11-2-3-13(22)9-16(11)23/h2-7,9,17H,8H2,1H3,(H,25,27). The van der Waals surface area contributed by atoms with Crippen molar-refractivity contribution < 1.29 is 9.59 Å². The molecule has 0 spiro atoms. The average molecular weight is 467 g/mol. The highest BCUT2D eigenvalue weighted by Crippen LogP contribution is 2.42. The van der Waals surface area contributed by atoms with E-state index >= 15 is 0 Å². The summed E-state index contributed by atoms with van der Waals surface area (Å²) in [5.74, 6) is -0.818. The fourth-order valence-corrected chi connectivity index (χ4v) is 4.73. The molecule has 2 aromatic rings. The summed E-state index contributed by atoms with van der Waals surface area (Å²) in [4.78, 5) is 26.8. The van der Waals surface area contributed by atoms with Gasteiger partial charge < -0.3 is 5.32 Å². The minimum absolute atomic E-state index is 0.134. The van der Waals surface area contributed by atoms with Gasteiger partial charge in [-0.3, -0.25) is 14.5 Å². The van der Waals surface area contributed by atoms with E-state index in [1.807, 2.05) is 6.07 Å². The van der Waals surface area contributed by atoms with Crippen molar-refractivity contribution in [3.05, 3.63) is 73.7 Å². The first-order chi connectivity index (χ1) is 13.8. The lowest BCUT2D eigenvalue weighted by Crippen LogP contribution is -2.31. The van der Waals surface area contributed by atoms with Crippen LogP contribution in [-0.2, 0) is 16.0 Å². The van der Waals surface area contributed by atoms with E-state index in [0.717, 1.165) is 17.3 Å². The van der Waals surface area contributed by atoms with E-state index in [-0.39, 0.29) is 16.5 Å². The Balaban J connectivity index is 2.05. The van der Waals surface area contributed by atoms with Crippen LogP contribution in [0.5, 0.6) is 0 Å². The van der Waals surface area contributed by atoms with Gasteiger partial charge in [0.2, 0.25) is 5.91 Å². The summed E-state index contributed by atoms with van der Waals surface area (Å²) in [6, 6.07) is 13.6. The van der Waals surface area contributed by atoms with Gasteiger partial charge in [-0.05, 0) is 48.4 Å². The number of nitriles is 1. The van der Waals surface area contributed by atoms with E-state index in [0.29, 0.717) is 27.2 Å². The molecule has 1 atom stereocenters. The number of amides is 2. The average Bonchev–Trinajstić information content (AvgIpc) is 3.01. The van der Waals surface area contributed by atoms with Crippen molar-refractivity contribution in [1.82, 2.24) is 5.32 Å². The lowest BCUT2D eigenvalue weighted by atomic mass is 10.1. The van der Waals surface area contributed by atoms with Crippen molar-refractivity contribution in [2.45, 2.75) is 11.7 Å². The third-order valence-corrected chi connectivity index (χ3v) is 6.34. The van der Waals surface area contributed by atoms with Crippen molar-refractivity contribution in [1.29, 1.82) is 5.26 Å². The molecular weight excluding hydrogens is 453 g/mol. The third-order valence-electron chi connectivity index (χ3n) is 4.24. The number of hydrogen-bond acceptors (Lipinski definition) is 4. The Morgan fingerprint density at radius 3 is 2.41 bits per heavy atom. The maximum absolute atomic E-state index is 13.2. The van der Waals surface area contributed by atoms with Crippen LogP contribution in [0, 0.1) is 11.3 Å². The van der Waals surface area contributed by atoms with Gasteiger partial charge in [-0.25, -0.2) is 0 Å². The number of nitrogens with zero attached hydrogens (tertiary/aromatic N) is 2. The molecule has 2 amide bonds. The zero-order valence-electron chi connectivity index (χ0n) is 15.1. The van der Waals surface area contributed by atoms with Crippen LogP contribution in [0.2, 0.25) is 15.1 Å². The quantitative estimate of drug-likeness (QED) is 0.518. The number of thioether (sulfide) groups is 1. The zero-order chi connectivity index (χ0) is 21.1. The second-order valence-electron chi connectivity index (χ2n) is 6.07. The number of hydrogen-bond donors (Lipinski definition) is 1. The van der Waals surface area contributed by atoms with Crippen molar-refractivity contribution >= 4 is 64.1 Å². The molecule has 0 saturated carbocycles. The van der Waals surface area contributed by atoms with E-state index in [2.05, 4.69) is 5.32 Å². The number of anilines is 1. The number of likely N-dealkylation sites (N-methyl/N-ethyl adjacent to an activating group) is 1. The fourth-order valence-electron chi connectivity index (χ4n) is 2.82. The molecule has 1 aliphatic rings. The van der Waals surface area contributed by atoms with Crippen molar-refractivity contribution in [3.8, 4) is 6.07 Å². The first kappa shape index (κ1) is 21.5. The summed E-state index contributed by atoms with van der Waals surface area (Å²) in [7, 11) is 1.43. The van der Waals surface area contributed by atoms with Crippen LogP contribution < -0.4 is 10.2 Å². The summed E-state index contributed by atoms with van der Waals surface area (Å²) < 4.78 is 0. The molecule has 2 aromatic carbocycles. The molecule has 29 heavy (non-hydrogen) atoms. The van der Waals surface area contributed by atoms with E-state index in [4.69, 9.17) is 34.8 Å². The van der Waals surface area contributed by atoms with E-state index in [1.54, 1.807) is 42.5 Å². The highest BCUT2D eigenvalue weighted by Gasteiger charge is 2.40. The van der Waals surface area contributed by atoms with Gasteiger partial charge in [0, 0.05) is 27.8 Å². The van der Waals surface area contributed by atoms with Crippen LogP contribution in [0.3, 0.4) is 0 Å². The molecule has 1 heterocycles. The van der Waals surface area contributed by atoms with Gasteiger partial charge in [-0.1, -0.05) is 52.6 Å². The van der Waals surface area contributed by atoms with Gasteiger partial charge >= 0.3 is 0 Å². The zero-order valence-corrected chi connectivity index (χ0v) is 18.2.